The number of nitrogens with one attached hydrogen (secondary N) is 2. The molecule has 118 valence electrons. The third kappa shape index (κ3) is 2.36. The molecule has 0 radical (unpaired) electrons. The van der Waals surface area contributed by atoms with Crippen molar-refractivity contribution in [2.24, 2.45) is 0 Å². The number of hydrogen-bond donors (Lipinski definition) is 2. The van der Waals surface area contributed by atoms with Crippen LogP contribution in [0, 0.1) is 13.8 Å². The first kappa shape index (κ1) is 14.0. The van der Waals surface area contributed by atoms with E-state index in [0.717, 1.165) is 31.4 Å². The summed E-state index contributed by atoms with van der Waals surface area (Å²) in [6, 6.07) is 0.0529. The molecule has 2 aromatic rings. The highest BCUT2D eigenvalue weighted by atomic mass is 32.2. The zero-order chi connectivity index (χ0) is 15.5. The third-order valence-electron chi connectivity index (χ3n) is 4.08. The van der Waals surface area contributed by atoms with E-state index >= 15 is 0 Å². The van der Waals surface area contributed by atoms with Gasteiger partial charge in [-0.25, -0.2) is 13.1 Å². The first-order valence-electron chi connectivity index (χ1n) is 7.51. The standard InChI is InChI=1S/C14H18N4O3S/c1-7-11(14-16-13(17-21-14)9-3-4-9)12(8(2)15-7)22(19,20)18-10-5-6-10/h9-10,15,18H,3-6H2,1-2H3. The number of aryl methyl sites for hydroxylation is 2. The summed E-state index contributed by atoms with van der Waals surface area (Å²) in [5.74, 6) is 1.31. The monoisotopic (exact) mass is 322 g/mol. The third-order valence-corrected chi connectivity index (χ3v) is 5.78. The molecule has 4 rings (SSSR count). The maximum atomic E-state index is 12.6. The average molecular weight is 322 g/mol. The first-order chi connectivity index (χ1) is 10.5. The Labute approximate surface area is 128 Å². The molecule has 2 aromatic heterocycles. The highest BCUT2D eigenvalue weighted by Gasteiger charge is 2.35. The minimum absolute atomic E-state index is 0.0529. The van der Waals surface area contributed by atoms with Crippen molar-refractivity contribution >= 4 is 10.0 Å². The number of aromatic amines is 1. The Morgan fingerprint density at radius 1 is 1.18 bits per heavy atom. The lowest BCUT2D eigenvalue weighted by molar-refractivity contribution is 0.421. The van der Waals surface area contributed by atoms with E-state index in [1.165, 1.54) is 0 Å². The van der Waals surface area contributed by atoms with Crippen LogP contribution < -0.4 is 4.72 Å². The van der Waals surface area contributed by atoms with Crippen LogP contribution in [0.1, 0.15) is 48.8 Å². The zero-order valence-corrected chi connectivity index (χ0v) is 13.3. The molecule has 0 spiro atoms. The van der Waals surface area contributed by atoms with Crippen molar-refractivity contribution in [1.29, 1.82) is 0 Å². The van der Waals surface area contributed by atoms with Gasteiger partial charge in [-0.05, 0) is 39.5 Å². The Morgan fingerprint density at radius 3 is 2.55 bits per heavy atom. The van der Waals surface area contributed by atoms with Gasteiger partial charge in [0.2, 0.25) is 10.0 Å². The summed E-state index contributed by atoms with van der Waals surface area (Å²) in [4.78, 5) is 7.70. The van der Waals surface area contributed by atoms with Crippen molar-refractivity contribution in [3.05, 3.63) is 17.2 Å². The van der Waals surface area contributed by atoms with E-state index in [0.29, 0.717) is 23.0 Å². The van der Waals surface area contributed by atoms with Crippen LogP contribution in [-0.4, -0.2) is 29.6 Å². The normalized spacial score (nSPS) is 18.8. The van der Waals surface area contributed by atoms with Gasteiger partial charge in [-0.2, -0.15) is 4.98 Å². The molecule has 2 aliphatic rings. The van der Waals surface area contributed by atoms with Crippen molar-refractivity contribution in [1.82, 2.24) is 19.8 Å². The Hall–Kier alpha value is -1.67. The van der Waals surface area contributed by atoms with E-state index in [2.05, 4.69) is 19.8 Å². The van der Waals surface area contributed by atoms with Crippen LogP contribution in [0.5, 0.6) is 0 Å². The summed E-state index contributed by atoms with van der Waals surface area (Å²) in [5, 5.41) is 3.99. The van der Waals surface area contributed by atoms with Gasteiger partial charge >= 0.3 is 0 Å². The van der Waals surface area contributed by atoms with E-state index in [9.17, 15) is 8.42 Å². The molecule has 0 bridgehead atoms. The minimum atomic E-state index is -3.59. The first-order valence-corrected chi connectivity index (χ1v) is 8.99. The summed E-state index contributed by atoms with van der Waals surface area (Å²) < 4.78 is 33.3. The number of H-pyrrole nitrogens is 1. The van der Waals surface area contributed by atoms with E-state index < -0.39 is 10.0 Å². The molecule has 8 heteroatoms. The average Bonchev–Trinajstić information content (AvgIpc) is 3.35. The number of nitrogens with zero attached hydrogens (tertiary/aromatic N) is 2. The second-order valence-corrected chi connectivity index (χ2v) is 7.86. The maximum Gasteiger partial charge on any atom is 0.261 e. The van der Waals surface area contributed by atoms with Gasteiger partial charge in [-0.3, -0.25) is 0 Å². The van der Waals surface area contributed by atoms with Gasteiger partial charge < -0.3 is 9.51 Å². The van der Waals surface area contributed by atoms with Crippen molar-refractivity contribution < 1.29 is 12.9 Å². The van der Waals surface area contributed by atoms with Crippen LogP contribution >= 0.6 is 0 Å². The summed E-state index contributed by atoms with van der Waals surface area (Å²) in [5.41, 5.74) is 1.80. The van der Waals surface area contributed by atoms with Crippen molar-refractivity contribution in [2.45, 2.75) is 56.4 Å². The second kappa shape index (κ2) is 4.66. The van der Waals surface area contributed by atoms with Gasteiger partial charge in [-0.1, -0.05) is 5.16 Å². The van der Waals surface area contributed by atoms with Gasteiger partial charge in [0.25, 0.3) is 5.89 Å². The van der Waals surface area contributed by atoms with Crippen LogP contribution in [0.2, 0.25) is 0 Å². The Morgan fingerprint density at radius 2 is 1.91 bits per heavy atom. The highest BCUT2D eigenvalue weighted by Crippen LogP contribution is 2.40. The molecular weight excluding hydrogens is 304 g/mol. The highest BCUT2D eigenvalue weighted by molar-refractivity contribution is 7.89. The quantitative estimate of drug-likeness (QED) is 0.877. The molecular formula is C14H18N4O3S. The summed E-state index contributed by atoms with van der Waals surface area (Å²) in [7, 11) is -3.59. The summed E-state index contributed by atoms with van der Waals surface area (Å²) in [6.07, 6.45) is 3.92. The molecule has 2 saturated carbocycles. The van der Waals surface area contributed by atoms with Crippen LogP contribution in [0.3, 0.4) is 0 Å². The number of rotatable bonds is 5. The second-order valence-electron chi connectivity index (χ2n) is 6.21. The SMILES string of the molecule is Cc1[nH]c(C)c(S(=O)(=O)NC2CC2)c1-c1nc(C2CC2)no1. The van der Waals surface area contributed by atoms with Crippen LogP contribution in [0.15, 0.2) is 9.42 Å². The largest absolute Gasteiger partial charge is 0.361 e. The van der Waals surface area contributed by atoms with Crippen molar-refractivity contribution in [3.8, 4) is 11.5 Å². The smallest absolute Gasteiger partial charge is 0.261 e. The molecule has 0 aliphatic heterocycles. The maximum absolute atomic E-state index is 12.6. The lowest BCUT2D eigenvalue weighted by atomic mass is 10.2. The fourth-order valence-corrected chi connectivity index (χ4v) is 4.43. The van der Waals surface area contributed by atoms with Crippen molar-refractivity contribution in [2.75, 3.05) is 0 Å². The number of hydrogen-bond acceptors (Lipinski definition) is 5. The van der Waals surface area contributed by atoms with E-state index in [1.54, 1.807) is 6.92 Å². The molecule has 0 unspecified atom stereocenters. The van der Waals surface area contributed by atoms with Crippen LogP contribution in [-0.2, 0) is 10.0 Å². The molecule has 2 heterocycles. The van der Waals surface area contributed by atoms with Gasteiger partial charge in [-0.15, -0.1) is 0 Å². The number of sulfonamides is 1. The van der Waals surface area contributed by atoms with E-state index in [4.69, 9.17) is 4.52 Å². The van der Waals surface area contributed by atoms with Crippen LogP contribution in [0.4, 0.5) is 0 Å². The molecule has 22 heavy (non-hydrogen) atoms. The fraction of sp³-hybridized carbons (Fsp3) is 0.571. The van der Waals surface area contributed by atoms with Gasteiger partial charge in [0.05, 0.1) is 5.56 Å². The Bertz CT molecular complexity index is 828. The molecule has 0 saturated heterocycles. The molecule has 2 aliphatic carbocycles. The Kier molecular flexibility index (Phi) is 2.96. The predicted octanol–water partition coefficient (Wildman–Crippen LogP) is 2.00. The molecule has 2 fully saturated rings. The Balaban J connectivity index is 1.80. The lowest BCUT2D eigenvalue weighted by Gasteiger charge is -2.06. The summed E-state index contributed by atoms with van der Waals surface area (Å²) >= 11 is 0. The van der Waals surface area contributed by atoms with Crippen LogP contribution in [0.25, 0.3) is 11.5 Å². The van der Waals surface area contributed by atoms with Gasteiger partial charge in [0, 0.05) is 23.3 Å². The predicted molar refractivity (Wildman–Crippen MR) is 78.9 cm³/mol. The number of aromatic nitrogens is 3. The molecule has 0 atom stereocenters. The fourth-order valence-electron chi connectivity index (χ4n) is 2.68. The van der Waals surface area contributed by atoms with Gasteiger partial charge in [0.15, 0.2) is 5.82 Å². The lowest BCUT2D eigenvalue weighted by Crippen LogP contribution is -2.26. The van der Waals surface area contributed by atoms with Crippen molar-refractivity contribution in [3.63, 3.8) is 0 Å². The van der Waals surface area contributed by atoms with Gasteiger partial charge in [0.1, 0.15) is 4.90 Å². The molecule has 0 aromatic carbocycles. The minimum Gasteiger partial charge on any atom is -0.361 e. The topological polar surface area (TPSA) is 101 Å². The van der Waals surface area contributed by atoms with E-state index in [1.807, 2.05) is 6.92 Å². The zero-order valence-electron chi connectivity index (χ0n) is 12.5. The molecule has 0 amide bonds. The summed E-state index contributed by atoms with van der Waals surface area (Å²) in [6.45, 7) is 3.57. The molecule has 7 nitrogen and oxygen atoms in total. The molecule has 2 N–H and O–H groups in total. The van der Waals surface area contributed by atoms with E-state index in [-0.39, 0.29) is 16.8 Å².